The van der Waals surface area contributed by atoms with Gasteiger partial charge in [-0.2, -0.15) is 0 Å². The number of ketones is 1. The second-order valence-electron chi connectivity index (χ2n) is 4.53. The summed E-state index contributed by atoms with van der Waals surface area (Å²) in [7, 11) is 0. The van der Waals surface area contributed by atoms with E-state index in [0.29, 0.717) is 11.3 Å². The Morgan fingerprint density at radius 1 is 1.28 bits per heavy atom. The first-order valence-corrected chi connectivity index (χ1v) is 6.13. The van der Waals surface area contributed by atoms with Crippen molar-refractivity contribution in [2.45, 2.75) is 33.2 Å². The Morgan fingerprint density at radius 3 is 2.28 bits per heavy atom. The molecule has 0 heterocycles. The van der Waals surface area contributed by atoms with E-state index in [2.05, 4.69) is 5.32 Å². The van der Waals surface area contributed by atoms with E-state index in [1.165, 1.54) is 6.92 Å². The molecule has 3 N–H and O–H groups in total. The van der Waals surface area contributed by atoms with Gasteiger partial charge in [0, 0.05) is 11.3 Å². The summed E-state index contributed by atoms with van der Waals surface area (Å²) in [6.45, 7) is 5.45. The van der Waals surface area contributed by atoms with Gasteiger partial charge in [0.2, 0.25) is 5.91 Å². The van der Waals surface area contributed by atoms with E-state index in [1.807, 2.05) is 13.8 Å². The Balaban J connectivity index is 2.67. The van der Waals surface area contributed by atoms with Crippen LogP contribution in [0.25, 0.3) is 0 Å². The minimum absolute atomic E-state index is 0.00387. The van der Waals surface area contributed by atoms with Crippen molar-refractivity contribution >= 4 is 17.4 Å². The van der Waals surface area contributed by atoms with Crippen LogP contribution in [0.5, 0.6) is 0 Å². The molecule has 4 heteroatoms. The van der Waals surface area contributed by atoms with Crippen LogP contribution in [0.1, 0.15) is 37.6 Å². The van der Waals surface area contributed by atoms with E-state index in [0.717, 1.165) is 6.42 Å². The Bertz CT molecular complexity index is 426. The van der Waals surface area contributed by atoms with Crippen LogP contribution in [0.3, 0.4) is 0 Å². The van der Waals surface area contributed by atoms with Gasteiger partial charge in [-0.3, -0.25) is 9.59 Å². The summed E-state index contributed by atoms with van der Waals surface area (Å²) in [5, 5.41) is 2.75. The molecule has 98 valence electrons. The number of benzene rings is 1. The van der Waals surface area contributed by atoms with E-state index < -0.39 is 6.04 Å². The first kappa shape index (κ1) is 14.4. The summed E-state index contributed by atoms with van der Waals surface area (Å²) < 4.78 is 0. The second-order valence-corrected chi connectivity index (χ2v) is 4.53. The zero-order valence-corrected chi connectivity index (χ0v) is 11.1. The molecule has 0 saturated heterocycles. The average Bonchev–Trinajstić information content (AvgIpc) is 2.37. The molecule has 1 aromatic carbocycles. The zero-order chi connectivity index (χ0) is 13.7. The van der Waals surface area contributed by atoms with Gasteiger partial charge in [0.25, 0.3) is 0 Å². The lowest BCUT2D eigenvalue weighted by Crippen LogP contribution is -2.40. The van der Waals surface area contributed by atoms with Gasteiger partial charge < -0.3 is 11.1 Å². The van der Waals surface area contributed by atoms with Crippen molar-refractivity contribution in [2.75, 3.05) is 5.32 Å². The monoisotopic (exact) mass is 248 g/mol. The lowest BCUT2D eigenvalue weighted by atomic mass is 9.99. The number of nitrogens with two attached hydrogens (primary N) is 1. The Hall–Kier alpha value is -1.68. The van der Waals surface area contributed by atoms with Crippen LogP contribution in [0, 0.1) is 5.92 Å². The normalized spacial score (nSPS) is 13.8. The predicted molar refractivity (Wildman–Crippen MR) is 72.5 cm³/mol. The maximum absolute atomic E-state index is 11.8. The predicted octanol–water partition coefficient (Wildman–Crippen LogP) is 2.20. The van der Waals surface area contributed by atoms with Crippen molar-refractivity contribution in [2.24, 2.45) is 11.7 Å². The van der Waals surface area contributed by atoms with E-state index in [4.69, 9.17) is 5.73 Å². The van der Waals surface area contributed by atoms with E-state index in [9.17, 15) is 9.59 Å². The summed E-state index contributed by atoms with van der Waals surface area (Å²) in [4.78, 5) is 22.9. The van der Waals surface area contributed by atoms with E-state index >= 15 is 0 Å². The molecule has 1 amide bonds. The summed E-state index contributed by atoms with van der Waals surface area (Å²) in [6.07, 6.45) is 0.859. The van der Waals surface area contributed by atoms with Crippen LogP contribution < -0.4 is 11.1 Å². The summed E-state index contributed by atoms with van der Waals surface area (Å²) in [5.74, 6) is -0.0504. The van der Waals surface area contributed by atoms with Crippen LogP contribution in [-0.4, -0.2) is 17.7 Å². The highest BCUT2D eigenvalue weighted by molar-refractivity contribution is 5.97. The number of amides is 1. The van der Waals surface area contributed by atoms with Crippen LogP contribution in [-0.2, 0) is 4.79 Å². The molecule has 0 spiro atoms. The summed E-state index contributed by atoms with van der Waals surface area (Å²) >= 11 is 0. The fourth-order valence-corrected chi connectivity index (χ4v) is 1.53. The van der Waals surface area contributed by atoms with Gasteiger partial charge in [0.05, 0.1) is 6.04 Å². The van der Waals surface area contributed by atoms with Gasteiger partial charge in [0.15, 0.2) is 5.78 Å². The quantitative estimate of drug-likeness (QED) is 0.785. The number of Topliss-reactive ketones (excluding diaryl/α,β-unsaturated/α-hetero) is 1. The molecule has 2 unspecified atom stereocenters. The zero-order valence-electron chi connectivity index (χ0n) is 11.1. The highest BCUT2D eigenvalue weighted by Crippen LogP contribution is 2.12. The minimum atomic E-state index is -0.512. The molecule has 0 fully saturated rings. The molecular weight excluding hydrogens is 228 g/mol. The fourth-order valence-electron chi connectivity index (χ4n) is 1.53. The van der Waals surface area contributed by atoms with E-state index in [1.54, 1.807) is 24.3 Å². The van der Waals surface area contributed by atoms with Crippen molar-refractivity contribution in [1.29, 1.82) is 0 Å². The molecule has 1 rings (SSSR count). The van der Waals surface area contributed by atoms with Gasteiger partial charge in [0.1, 0.15) is 0 Å². The third-order valence-electron chi connectivity index (χ3n) is 3.12. The van der Waals surface area contributed by atoms with Crippen molar-refractivity contribution < 1.29 is 9.59 Å². The van der Waals surface area contributed by atoms with Gasteiger partial charge in [-0.25, -0.2) is 0 Å². The minimum Gasteiger partial charge on any atom is -0.325 e. The Morgan fingerprint density at radius 2 is 1.83 bits per heavy atom. The van der Waals surface area contributed by atoms with Crippen LogP contribution in [0.15, 0.2) is 24.3 Å². The fraction of sp³-hybridized carbons (Fsp3) is 0.429. The standard InChI is InChI=1S/C14H20N2O2/c1-4-9(2)13(15)14(18)16-12-7-5-11(6-8-12)10(3)17/h5-9,13H,4,15H2,1-3H3,(H,16,18). The van der Waals surface area contributed by atoms with Crippen molar-refractivity contribution in [3.05, 3.63) is 29.8 Å². The topological polar surface area (TPSA) is 72.2 Å². The van der Waals surface area contributed by atoms with Gasteiger partial charge in [-0.15, -0.1) is 0 Å². The second kappa shape index (κ2) is 6.31. The molecule has 0 radical (unpaired) electrons. The van der Waals surface area contributed by atoms with Crippen molar-refractivity contribution in [3.8, 4) is 0 Å². The maximum Gasteiger partial charge on any atom is 0.241 e. The largest absolute Gasteiger partial charge is 0.325 e. The average molecular weight is 248 g/mol. The molecule has 0 aliphatic heterocycles. The number of rotatable bonds is 5. The van der Waals surface area contributed by atoms with Crippen molar-refractivity contribution in [1.82, 2.24) is 0 Å². The molecule has 0 aliphatic carbocycles. The molecule has 0 aromatic heterocycles. The van der Waals surface area contributed by atoms with E-state index in [-0.39, 0.29) is 17.6 Å². The lowest BCUT2D eigenvalue weighted by molar-refractivity contribution is -0.118. The number of hydrogen-bond donors (Lipinski definition) is 2. The van der Waals surface area contributed by atoms with Crippen LogP contribution in [0.2, 0.25) is 0 Å². The van der Waals surface area contributed by atoms with Crippen LogP contribution in [0.4, 0.5) is 5.69 Å². The molecule has 18 heavy (non-hydrogen) atoms. The maximum atomic E-state index is 11.8. The number of hydrogen-bond acceptors (Lipinski definition) is 3. The molecule has 4 nitrogen and oxygen atoms in total. The number of carbonyl (C=O) groups excluding carboxylic acids is 2. The molecule has 0 bridgehead atoms. The Kier molecular flexibility index (Phi) is 5.04. The molecule has 2 atom stereocenters. The number of anilines is 1. The number of carbonyl (C=O) groups is 2. The smallest absolute Gasteiger partial charge is 0.241 e. The van der Waals surface area contributed by atoms with Gasteiger partial charge in [-0.1, -0.05) is 20.3 Å². The summed E-state index contributed by atoms with van der Waals surface area (Å²) in [6, 6.07) is 6.28. The van der Waals surface area contributed by atoms with Gasteiger partial charge >= 0.3 is 0 Å². The van der Waals surface area contributed by atoms with Crippen molar-refractivity contribution in [3.63, 3.8) is 0 Å². The molecular formula is C14H20N2O2. The first-order chi connectivity index (χ1) is 8.45. The molecule has 0 saturated carbocycles. The summed E-state index contributed by atoms with van der Waals surface area (Å²) in [5.41, 5.74) is 7.11. The first-order valence-electron chi connectivity index (χ1n) is 6.13. The molecule has 1 aromatic rings. The number of nitrogens with one attached hydrogen (secondary N) is 1. The molecule has 0 aliphatic rings. The third-order valence-corrected chi connectivity index (χ3v) is 3.12. The van der Waals surface area contributed by atoms with Gasteiger partial charge in [-0.05, 0) is 37.1 Å². The highest BCUT2D eigenvalue weighted by Gasteiger charge is 2.19. The lowest BCUT2D eigenvalue weighted by Gasteiger charge is -2.17. The third kappa shape index (κ3) is 3.67. The van der Waals surface area contributed by atoms with Crippen LogP contribution >= 0.6 is 0 Å². The SMILES string of the molecule is CCC(C)C(N)C(=O)Nc1ccc(C(C)=O)cc1. The Labute approximate surface area is 108 Å². The highest BCUT2D eigenvalue weighted by atomic mass is 16.2.